The van der Waals surface area contributed by atoms with E-state index in [1.165, 1.54) is 26.3 Å². The highest BCUT2D eigenvalue weighted by molar-refractivity contribution is 7.89. The number of amides is 1. The van der Waals surface area contributed by atoms with Crippen molar-refractivity contribution in [2.24, 2.45) is 0 Å². The molecule has 2 aromatic carbocycles. The third kappa shape index (κ3) is 5.08. The molecule has 1 N–H and O–H groups in total. The normalized spacial score (nSPS) is 12.7. The van der Waals surface area contributed by atoms with Crippen molar-refractivity contribution >= 4 is 15.9 Å². The smallest absolute Gasteiger partial charge is 0.243 e. The molecule has 0 spiro atoms. The van der Waals surface area contributed by atoms with Gasteiger partial charge in [-0.15, -0.1) is 0 Å². The molecule has 1 unspecified atom stereocenters. The maximum absolute atomic E-state index is 12.6. The molecule has 1 amide bonds. The van der Waals surface area contributed by atoms with E-state index in [0.717, 1.165) is 21.0 Å². The number of nitrogens with zero attached hydrogens (tertiary/aromatic N) is 1. The lowest BCUT2D eigenvalue weighted by Gasteiger charge is -2.21. The minimum atomic E-state index is -3.76. The van der Waals surface area contributed by atoms with Gasteiger partial charge in [0.2, 0.25) is 15.9 Å². The number of sulfonamides is 1. The molecule has 7 heteroatoms. The van der Waals surface area contributed by atoms with Crippen molar-refractivity contribution in [1.29, 1.82) is 0 Å². The Hall–Kier alpha value is -2.38. The van der Waals surface area contributed by atoms with E-state index in [0.29, 0.717) is 5.75 Å². The summed E-state index contributed by atoms with van der Waals surface area (Å²) in [6.07, 6.45) is 0. The molecule has 6 nitrogen and oxygen atoms in total. The van der Waals surface area contributed by atoms with Gasteiger partial charge in [-0.1, -0.05) is 23.8 Å². The van der Waals surface area contributed by atoms with Crippen molar-refractivity contribution in [3.63, 3.8) is 0 Å². The first-order valence-corrected chi connectivity index (χ1v) is 10.1. The number of nitrogens with one attached hydrogen (secondary N) is 1. The van der Waals surface area contributed by atoms with Crippen molar-refractivity contribution in [3.05, 3.63) is 59.2 Å². The van der Waals surface area contributed by atoms with Crippen LogP contribution in [0.5, 0.6) is 5.75 Å². The minimum Gasteiger partial charge on any atom is -0.497 e. The zero-order valence-corrected chi connectivity index (χ0v) is 17.1. The number of ether oxygens (including phenoxy) is 1. The van der Waals surface area contributed by atoms with Crippen molar-refractivity contribution in [1.82, 2.24) is 9.62 Å². The Labute approximate surface area is 161 Å². The van der Waals surface area contributed by atoms with Gasteiger partial charge in [0.25, 0.3) is 0 Å². The molecule has 2 aromatic rings. The van der Waals surface area contributed by atoms with E-state index >= 15 is 0 Å². The van der Waals surface area contributed by atoms with Crippen molar-refractivity contribution in [3.8, 4) is 5.75 Å². The van der Waals surface area contributed by atoms with Crippen molar-refractivity contribution in [2.75, 3.05) is 20.7 Å². The van der Waals surface area contributed by atoms with E-state index in [1.807, 2.05) is 39.0 Å². The summed E-state index contributed by atoms with van der Waals surface area (Å²) in [4.78, 5) is 12.5. The Morgan fingerprint density at radius 2 is 1.78 bits per heavy atom. The molecule has 0 aliphatic rings. The minimum absolute atomic E-state index is 0.112. The lowest BCUT2D eigenvalue weighted by Crippen LogP contribution is -2.39. The average Bonchev–Trinajstić information content (AvgIpc) is 2.63. The van der Waals surface area contributed by atoms with Crippen LogP contribution < -0.4 is 10.1 Å². The number of carbonyl (C=O) groups is 1. The number of likely N-dealkylation sites (N-methyl/N-ethyl adjacent to an activating group) is 1. The summed E-state index contributed by atoms with van der Waals surface area (Å²) in [6.45, 7) is 5.60. The van der Waals surface area contributed by atoms with E-state index in [2.05, 4.69) is 5.32 Å². The lowest BCUT2D eigenvalue weighted by atomic mass is 10.00. The number of aryl methyl sites for hydroxylation is 2. The molecule has 2 rings (SSSR count). The molecule has 1 atom stereocenters. The van der Waals surface area contributed by atoms with Gasteiger partial charge >= 0.3 is 0 Å². The molecule has 0 bridgehead atoms. The van der Waals surface area contributed by atoms with Crippen LogP contribution in [0, 0.1) is 13.8 Å². The third-order valence-corrected chi connectivity index (χ3v) is 6.23. The first-order chi connectivity index (χ1) is 12.6. The van der Waals surface area contributed by atoms with Crippen molar-refractivity contribution in [2.45, 2.75) is 31.7 Å². The zero-order chi connectivity index (χ0) is 20.2. The van der Waals surface area contributed by atoms with Gasteiger partial charge in [0.15, 0.2) is 0 Å². The van der Waals surface area contributed by atoms with E-state index in [9.17, 15) is 13.2 Å². The average molecular weight is 391 g/mol. The second-order valence-corrected chi connectivity index (χ2v) is 8.63. The maximum Gasteiger partial charge on any atom is 0.243 e. The lowest BCUT2D eigenvalue weighted by molar-refractivity contribution is -0.121. The van der Waals surface area contributed by atoms with E-state index < -0.39 is 10.0 Å². The number of rotatable bonds is 7. The van der Waals surface area contributed by atoms with E-state index in [1.54, 1.807) is 12.1 Å². The highest BCUT2D eigenvalue weighted by Gasteiger charge is 2.24. The molecule has 146 valence electrons. The van der Waals surface area contributed by atoms with Gasteiger partial charge < -0.3 is 10.1 Å². The standard InChI is InChI=1S/C20H26N2O4S/c1-14-6-7-15(2)19(12-14)16(3)21-20(23)13-22(4)27(24,25)18-10-8-17(26-5)9-11-18/h6-12,16H,13H2,1-5H3,(H,21,23). The predicted molar refractivity (Wildman–Crippen MR) is 105 cm³/mol. The first-order valence-electron chi connectivity index (χ1n) is 8.62. The SMILES string of the molecule is COc1ccc(S(=O)(=O)N(C)CC(=O)NC(C)c2cc(C)ccc2C)cc1. The summed E-state index contributed by atoms with van der Waals surface area (Å²) in [6, 6.07) is 11.9. The molecule has 0 aliphatic heterocycles. The highest BCUT2D eigenvalue weighted by atomic mass is 32.2. The Balaban J connectivity index is 2.06. The summed E-state index contributed by atoms with van der Waals surface area (Å²) in [5.41, 5.74) is 3.20. The first kappa shape index (κ1) is 20.9. The summed E-state index contributed by atoms with van der Waals surface area (Å²) in [7, 11) is -0.856. The van der Waals surface area contributed by atoms with Gasteiger partial charge in [-0.05, 0) is 56.2 Å². The van der Waals surface area contributed by atoms with Gasteiger partial charge in [0, 0.05) is 7.05 Å². The topological polar surface area (TPSA) is 75.7 Å². The van der Waals surface area contributed by atoms with Crippen LogP contribution in [0.3, 0.4) is 0 Å². The second kappa shape index (κ2) is 8.54. The Bertz CT molecular complexity index is 908. The van der Waals surface area contributed by atoms with Gasteiger partial charge in [-0.2, -0.15) is 4.31 Å². The van der Waals surface area contributed by atoms with Crippen LogP contribution in [-0.2, 0) is 14.8 Å². The highest BCUT2D eigenvalue weighted by Crippen LogP contribution is 2.20. The molecular formula is C20H26N2O4S. The zero-order valence-electron chi connectivity index (χ0n) is 16.3. The van der Waals surface area contributed by atoms with Crippen LogP contribution in [0.15, 0.2) is 47.4 Å². The van der Waals surface area contributed by atoms with Crippen LogP contribution in [0.2, 0.25) is 0 Å². The fourth-order valence-electron chi connectivity index (χ4n) is 2.81. The summed E-state index contributed by atoms with van der Waals surface area (Å²) < 4.78 is 31.3. The molecule has 0 saturated carbocycles. The quantitative estimate of drug-likeness (QED) is 0.789. The molecule has 0 heterocycles. The third-order valence-electron chi connectivity index (χ3n) is 4.41. The fourth-order valence-corrected chi connectivity index (χ4v) is 3.93. The monoisotopic (exact) mass is 390 g/mol. The molecule has 0 radical (unpaired) electrons. The number of benzene rings is 2. The summed E-state index contributed by atoms with van der Waals surface area (Å²) >= 11 is 0. The summed E-state index contributed by atoms with van der Waals surface area (Å²) in [5.74, 6) is 0.208. The van der Waals surface area contributed by atoms with Gasteiger partial charge in [-0.3, -0.25) is 4.79 Å². The Kier molecular flexibility index (Phi) is 6.62. The molecule has 27 heavy (non-hydrogen) atoms. The van der Waals surface area contributed by atoms with Crippen LogP contribution in [0.25, 0.3) is 0 Å². The van der Waals surface area contributed by atoms with E-state index in [-0.39, 0.29) is 23.4 Å². The number of hydrogen-bond donors (Lipinski definition) is 1. The van der Waals surface area contributed by atoms with E-state index in [4.69, 9.17) is 4.74 Å². The fraction of sp³-hybridized carbons (Fsp3) is 0.350. The van der Waals surface area contributed by atoms with Gasteiger partial charge in [-0.25, -0.2) is 8.42 Å². The van der Waals surface area contributed by atoms with Gasteiger partial charge in [0.05, 0.1) is 24.6 Å². The number of carbonyl (C=O) groups excluding carboxylic acids is 1. The van der Waals surface area contributed by atoms with Crippen molar-refractivity contribution < 1.29 is 17.9 Å². The predicted octanol–water partition coefficient (Wildman–Crippen LogP) is 2.81. The van der Waals surface area contributed by atoms with Crippen LogP contribution in [0.1, 0.15) is 29.7 Å². The summed E-state index contributed by atoms with van der Waals surface area (Å²) in [5, 5.41) is 2.87. The Morgan fingerprint density at radius 1 is 1.15 bits per heavy atom. The van der Waals surface area contributed by atoms with Crippen LogP contribution in [0.4, 0.5) is 0 Å². The van der Waals surface area contributed by atoms with Gasteiger partial charge in [0.1, 0.15) is 5.75 Å². The number of hydrogen-bond acceptors (Lipinski definition) is 4. The maximum atomic E-state index is 12.6. The molecule has 0 aliphatic carbocycles. The number of methoxy groups -OCH3 is 1. The molecule has 0 aromatic heterocycles. The molecular weight excluding hydrogens is 364 g/mol. The van der Waals surface area contributed by atoms with Crippen LogP contribution in [-0.4, -0.2) is 39.3 Å². The second-order valence-electron chi connectivity index (χ2n) is 6.59. The Morgan fingerprint density at radius 3 is 2.37 bits per heavy atom. The van der Waals surface area contributed by atoms with Crippen LogP contribution >= 0.6 is 0 Å². The molecule has 0 fully saturated rings. The molecule has 0 saturated heterocycles. The largest absolute Gasteiger partial charge is 0.497 e.